The van der Waals surface area contributed by atoms with Crippen molar-refractivity contribution in [3.05, 3.63) is 70.8 Å². The van der Waals surface area contributed by atoms with Gasteiger partial charge in [-0.15, -0.1) is 0 Å². The molecule has 1 aliphatic heterocycles. The second-order valence-electron chi connectivity index (χ2n) is 6.52. The summed E-state index contributed by atoms with van der Waals surface area (Å²) < 4.78 is 5.71. The summed E-state index contributed by atoms with van der Waals surface area (Å²) in [7, 11) is 0. The van der Waals surface area contributed by atoms with E-state index in [0.717, 1.165) is 28.7 Å². The molecule has 0 spiro atoms. The summed E-state index contributed by atoms with van der Waals surface area (Å²) in [6.45, 7) is 0.508. The highest BCUT2D eigenvalue weighted by atomic mass is 16.5. The summed E-state index contributed by atoms with van der Waals surface area (Å²) in [5.74, 6) is -1.65. The molecular weight excluding hydrogens is 318 g/mol. The van der Waals surface area contributed by atoms with E-state index in [1.54, 1.807) is 0 Å². The molecule has 0 saturated heterocycles. The highest BCUT2D eigenvalue weighted by Gasteiger charge is 2.37. The molecule has 0 saturated carbocycles. The van der Waals surface area contributed by atoms with Crippen LogP contribution in [-0.4, -0.2) is 23.6 Å². The molecule has 1 aliphatic carbocycles. The van der Waals surface area contributed by atoms with Crippen molar-refractivity contribution < 1.29 is 19.4 Å². The number of carboxylic acid groups (broad SMARTS) is 1. The Morgan fingerprint density at radius 1 is 1.00 bits per heavy atom. The molecule has 5 nitrogen and oxygen atoms in total. The maximum Gasteiger partial charge on any atom is 0.311 e. The number of fused-ring (bicyclic) bond motifs is 2. The van der Waals surface area contributed by atoms with E-state index in [4.69, 9.17) is 4.74 Å². The number of carboxylic acids is 1. The summed E-state index contributed by atoms with van der Waals surface area (Å²) in [6.07, 6.45) is 0.531. The number of aliphatic carboxylic acids is 1. The Labute approximate surface area is 145 Å². The number of hydrogen-bond acceptors (Lipinski definition) is 3. The van der Waals surface area contributed by atoms with Crippen LogP contribution >= 0.6 is 0 Å². The third kappa shape index (κ3) is 2.81. The zero-order chi connectivity index (χ0) is 17.4. The molecule has 1 amide bonds. The lowest BCUT2D eigenvalue weighted by atomic mass is 9.97. The molecule has 0 bridgehead atoms. The van der Waals surface area contributed by atoms with E-state index in [0.29, 0.717) is 13.0 Å². The topological polar surface area (TPSA) is 75.6 Å². The summed E-state index contributed by atoms with van der Waals surface area (Å²) >= 11 is 0. The first-order valence-electron chi connectivity index (χ1n) is 8.46. The average Bonchev–Trinajstić information content (AvgIpc) is 3.00. The van der Waals surface area contributed by atoms with Crippen LogP contribution in [0.25, 0.3) is 0 Å². The number of carbonyl (C=O) groups is 2. The molecule has 25 heavy (non-hydrogen) atoms. The van der Waals surface area contributed by atoms with Crippen molar-refractivity contribution in [3.63, 3.8) is 0 Å². The van der Waals surface area contributed by atoms with Crippen LogP contribution in [0, 0.1) is 0 Å². The molecule has 2 aromatic carbocycles. The van der Waals surface area contributed by atoms with Crippen LogP contribution in [0.3, 0.4) is 0 Å². The van der Waals surface area contributed by atoms with E-state index in [2.05, 4.69) is 5.32 Å². The first-order chi connectivity index (χ1) is 12.1. The maximum atomic E-state index is 12.8. The summed E-state index contributed by atoms with van der Waals surface area (Å²) in [5.41, 5.74) is 3.69. The highest BCUT2D eigenvalue weighted by Crippen LogP contribution is 2.40. The fourth-order valence-corrected chi connectivity index (χ4v) is 3.86. The largest absolute Gasteiger partial charge is 0.481 e. The van der Waals surface area contributed by atoms with E-state index in [9.17, 15) is 14.7 Å². The van der Waals surface area contributed by atoms with Crippen molar-refractivity contribution >= 4 is 11.9 Å². The quantitative estimate of drug-likeness (QED) is 0.903. The van der Waals surface area contributed by atoms with Crippen LogP contribution in [0.5, 0.6) is 0 Å². The van der Waals surface area contributed by atoms with Gasteiger partial charge >= 0.3 is 5.97 Å². The fraction of sp³-hybridized carbons (Fsp3) is 0.300. The van der Waals surface area contributed by atoms with Gasteiger partial charge in [0, 0.05) is 0 Å². The van der Waals surface area contributed by atoms with Crippen LogP contribution in [-0.2, 0) is 20.7 Å². The number of nitrogens with one attached hydrogen (secondary N) is 1. The van der Waals surface area contributed by atoms with Crippen molar-refractivity contribution in [2.45, 2.75) is 30.9 Å². The molecule has 0 radical (unpaired) electrons. The number of ether oxygens (including phenoxy) is 1. The SMILES string of the molecule is O=C(O)C1CC(NC(=O)C2OCCc3ccccc32)c2ccccc21. The van der Waals surface area contributed by atoms with Crippen molar-refractivity contribution in [2.24, 2.45) is 0 Å². The summed E-state index contributed by atoms with van der Waals surface area (Å²) in [4.78, 5) is 24.3. The smallest absolute Gasteiger partial charge is 0.311 e. The van der Waals surface area contributed by atoms with E-state index in [1.165, 1.54) is 0 Å². The van der Waals surface area contributed by atoms with Gasteiger partial charge in [-0.1, -0.05) is 48.5 Å². The average molecular weight is 337 g/mol. The lowest BCUT2D eigenvalue weighted by molar-refractivity contribution is -0.139. The molecule has 128 valence electrons. The van der Waals surface area contributed by atoms with E-state index in [-0.39, 0.29) is 11.9 Å². The number of benzene rings is 2. The Hall–Kier alpha value is -2.66. The highest BCUT2D eigenvalue weighted by molar-refractivity contribution is 5.84. The van der Waals surface area contributed by atoms with Gasteiger partial charge in [-0.25, -0.2) is 0 Å². The van der Waals surface area contributed by atoms with Gasteiger partial charge in [0.05, 0.1) is 18.6 Å². The van der Waals surface area contributed by atoms with Gasteiger partial charge in [-0.3, -0.25) is 9.59 Å². The van der Waals surface area contributed by atoms with Gasteiger partial charge in [0.2, 0.25) is 0 Å². The van der Waals surface area contributed by atoms with Gasteiger partial charge in [-0.05, 0) is 35.1 Å². The number of carbonyl (C=O) groups excluding carboxylic acids is 1. The molecule has 5 heteroatoms. The first kappa shape index (κ1) is 15.8. The normalized spacial score (nSPS) is 24.2. The van der Waals surface area contributed by atoms with Crippen molar-refractivity contribution in [2.75, 3.05) is 6.61 Å². The molecule has 2 aromatic rings. The number of amides is 1. The lowest BCUT2D eigenvalue weighted by Crippen LogP contribution is -2.35. The second kappa shape index (κ2) is 6.33. The third-order valence-electron chi connectivity index (χ3n) is 5.06. The molecule has 0 fully saturated rings. The number of hydrogen-bond donors (Lipinski definition) is 2. The monoisotopic (exact) mass is 337 g/mol. The molecule has 3 atom stereocenters. The predicted molar refractivity (Wildman–Crippen MR) is 91.2 cm³/mol. The zero-order valence-corrected chi connectivity index (χ0v) is 13.6. The molecule has 2 N–H and O–H groups in total. The van der Waals surface area contributed by atoms with Crippen LogP contribution in [0.4, 0.5) is 0 Å². The minimum Gasteiger partial charge on any atom is -0.481 e. The first-order valence-corrected chi connectivity index (χ1v) is 8.46. The van der Waals surface area contributed by atoms with Gasteiger partial charge in [-0.2, -0.15) is 0 Å². The Balaban J connectivity index is 1.58. The zero-order valence-electron chi connectivity index (χ0n) is 13.6. The van der Waals surface area contributed by atoms with Crippen molar-refractivity contribution in [1.29, 1.82) is 0 Å². The van der Waals surface area contributed by atoms with Crippen LogP contribution in [0.1, 0.15) is 46.7 Å². The predicted octanol–water partition coefficient (Wildman–Crippen LogP) is 2.73. The number of rotatable bonds is 3. The van der Waals surface area contributed by atoms with Gasteiger partial charge in [0.25, 0.3) is 5.91 Å². The van der Waals surface area contributed by atoms with E-state index in [1.807, 2.05) is 48.5 Å². The Kier molecular flexibility index (Phi) is 4.01. The summed E-state index contributed by atoms with van der Waals surface area (Å²) in [5, 5.41) is 12.5. The fourth-order valence-electron chi connectivity index (χ4n) is 3.86. The van der Waals surface area contributed by atoms with Gasteiger partial charge in [0.15, 0.2) is 6.10 Å². The Morgan fingerprint density at radius 2 is 1.68 bits per heavy atom. The molecule has 0 aromatic heterocycles. The van der Waals surface area contributed by atoms with E-state index < -0.39 is 18.0 Å². The Morgan fingerprint density at radius 3 is 2.44 bits per heavy atom. The van der Waals surface area contributed by atoms with Crippen molar-refractivity contribution in [3.8, 4) is 0 Å². The van der Waals surface area contributed by atoms with Crippen LogP contribution < -0.4 is 5.32 Å². The Bertz CT molecular complexity index is 832. The standard InChI is InChI=1S/C20H19NO4/c22-19(18-13-6-2-1-5-12(13)9-10-25-18)21-17-11-16(20(23)24)14-7-3-4-8-15(14)17/h1-8,16-18H,9-11H2,(H,21,22)(H,23,24). The molecule has 4 rings (SSSR count). The third-order valence-corrected chi connectivity index (χ3v) is 5.06. The minimum absolute atomic E-state index is 0.210. The second-order valence-corrected chi connectivity index (χ2v) is 6.52. The summed E-state index contributed by atoms with van der Waals surface area (Å²) in [6, 6.07) is 14.9. The van der Waals surface area contributed by atoms with Crippen molar-refractivity contribution in [1.82, 2.24) is 5.32 Å². The lowest BCUT2D eigenvalue weighted by Gasteiger charge is -2.26. The van der Waals surface area contributed by atoms with Gasteiger partial charge < -0.3 is 15.2 Å². The minimum atomic E-state index is -0.858. The van der Waals surface area contributed by atoms with E-state index >= 15 is 0 Å². The van der Waals surface area contributed by atoms with Crippen LogP contribution in [0.2, 0.25) is 0 Å². The molecule has 1 heterocycles. The maximum absolute atomic E-state index is 12.8. The molecule has 2 aliphatic rings. The molecule has 3 unspecified atom stereocenters. The molecular formula is C20H19NO4. The van der Waals surface area contributed by atoms with Gasteiger partial charge in [0.1, 0.15) is 0 Å². The van der Waals surface area contributed by atoms with Crippen LogP contribution in [0.15, 0.2) is 48.5 Å².